The Morgan fingerprint density at radius 2 is 1.65 bits per heavy atom. The van der Waals surface area contributed by atoms with Gasteiger partial charge in [-0.2, -0.15) is 0 Å². The molecule has 0 aromatic heterocycles. The number of hydrogen-bond donors (Lipinski definition) is 0. The Labute approximate surface area is 156 Å². The van der Waals surface area contributed by atoms with Gasteiger partial charge in [-0.15, -0.1) is 11.6 Å². The van der Waals surface area contributed by atoms with Gasteiger partial charge in [0.05, 0.1) is 0 Å². The third-order valence-electron chi connectivity index (χ3n) is 4.05. The highest BCUT2D eigenvalue weighted by Gasteiger charge is 2.49. The van der Waals surface area contributed by atoms with Crippen molar-refractivity contribution in [2.24, 2.45) is 0 Å². The van der Waals surface area contributed by atoms with Crippen molar-refractivity contribution in [3.8, 4) is 0 Å². The average molecular weight is 375 g/mol. The first-order chi connectivity index (χ1) is 12.6. The first kappa shape index (κ1) is 18.4. The van der Waals surface area contributed by atoms with Crippen LogP contribution in [0.5, 0.6) is 0 Å². The second-order valence-electron chi connectivity index (χ2n) is 6.08. The Kier molecular flexibility index (Phi) is 5.91. The zero-order chi connectivity index (χ0) is 18.4. The van der Waals surface area contributed by atoms with Crippen LogP contribution in [0.25, 0.3) is 0 Å². The second-order valence-corrected chi connectivity index (χ2v) is 6.35. The molecule has 2 atom stereocenters. The van der Waals surface area contributed by atoms with E-state index in [1.807, 2.05) is 60.7 Å². The van der Waals surface area contributed by atoms with E-state index < -0.39 is 23.8 Å². The minimum Gasteiger partial charge on any atom is -0.458 e. The van der Waals surface area contributed by atoms with E-state index in [1.54, 1.807) is 0 Å². The van der Waals surface area contributed by atoms with Crippen LogP contribution in [0.15, 0.2) is 60.7 Å². The summed E-state index contributed by atoms with van der Waals surface area (Å²) in [6, 6.07) is 19.0. The molecule has 0 radical (unpaired) electrons. The van der Waals surface area contributed by atoms with Crippen LogP contribution in [0.3, 0.4) is 0 Å². The summed E-state index contributed by atoms with van der Waals surface area (Å²) in [5.41, 5.74) is 1.87. The third-order valence-corrected chi connectivity index (χ3v) is 4.27. The van der Waals surface area contributed by atoms with Crippen molar-refractivity contribution < 1.29 is 23.8 Å². The van der Waals surface area contributed by atoms with Crippen LogP contribution in [0, 0.1) is 0 Å². The number of benzene rings is 2. The first-order valence-electron chi connectivity index (χ1n) is 8.30. The number of carbonyl (C=O) groups excluding carboxylic acids is 2. The predicted molar refractivity (Wildman–Crippen MR) is 95.7 cm³/mol. The minimum atomic E-state index is -1.35. The lowest BCUT2D eigenvalue weighted by Gasteiger charge is -2.26. The van der Waals surface area contributed by atoms with Gasteiger partial charge in [-0.25, -0.2) is 4.79 Å². The van der Waals surface area contributed by atoms with Gasteiger partial charge >= 0.3 is 11.9 Å². The van der Waals surface area contributed by atoms with Crippen molar-refractivity contribution in [3.63, 3.8) is 0 Å². The topological polar surface area (TPSA) is 61.8 Å². The summed E-state index contributed by atoms with van der Waals surface area (Å²) in [5, 5.41) is 0. The van der Waals surface area contributed by atoms with E-state index in [4.69, 9.17) is 25.8 Å². The van der Waals surface area contributed by atoms with Gasteiger partial charge in [0.1, 0.15) is 5.88 Å². The van der Waals surface area contributed by atoms with Crippen molar-refractivity contribution >= 4 is 23.5 Å². The fourth-order valence-corrected chi connectivity index (χ4v) is 2.94. The molecule has 0 aliphatic carbocycles. The summed E-state index contributed by atoms with van der Waals surface area (Å²) in [6.07, 6.45) is -0.0871. The lowest BCUT2D eigenvalue weighted by Crippen LogP contribution is -2.40. The maximum absolute atomic E-state index is 12.4. The average Bonchev–Trinajstić information content (AvgIpc) is 2.97. The summed E-state index contributed by atoms with van der Waals surface area (Å²) in [4.78, 5) is 23.9. The molecule has 136 valence electrons. The van der Waals surface area contributed by atoms with Gasteiger partial charge in [-0.1, -0.05) is 60.7 Å². The smallest absolute Gasteiger partial charge is 0.338 e. The molecule has 6 heteroatoms. The van der Waals surface area contributed by atoms with Crippen molar-refractivity contribution in [2.45, 2.75) is 24.7 Å². The largest absolute Gasteiger partial charge is 0.458 e. The molecular weight excluding hydrogens is 356 g/mol. The molecule has 26 heavy (non-hydrogen) atoms. The Morgan fingerprint density at radius 1 is 1.04 bits per heavy atom. The van der Waals surface area contributed by atoms with E-state index in [0.29, 0.717) is 6.42 Å². The van der Waals surface area contributed by atoms with Crippen molar-refractivity contribution in [3.05, 3.63) is 71.8 Å². The Morgan fingerprint density at radius 3 is 2.27 bits per heavy atom. The quantitative estimate of drug-likeness (QED) is 0.551. The molecule has 2 aromatic rings. The number of esters is 2. The van der Waals surface area contributed by atoms with Gasteiger partial charge < -0.3 is 14.2 Å². The normalized spacial score (nSPS) is 22.0. The summed E-state index contributed by atoms with van der Waals surface area (Å²) in [6.45, 7) is -0.204. The Hall–Kier alpha value is -2.37. The van der Waals surface area contributed by atoms with Gasteiger partial charge in [0.15, 0.2) is 12.7 Å². The van der Waals surface area contributed by atoms with Crippen molar-refractivity contribution in [1.82, 2.24) is 0 Å². The van der Waals surface area contributed by atoms with Crippen LogP contribution in [0.4, 0.5) is 0 Å². The Bertz CT molecular complexity index is 749. The molecule has 0 amide bonds. The highest BCUT2D eigenvalue weighted by atomic mass is 35.5. The molecule has 1 aliphatic rings. The number of carbonyl (C=O) groups is 2. The molecule has 2 aromatic carbocycles. The molecule has 0 N–H and O–H groups in total. The lowest BCUT2D eigenvalue weighted by molar-refractivity contribution is -0.205. The van der Waals surface area contributed by atoms with Gasteiger partial charge in [-0.05, 0) is 11.1 Å². The number of rotatable bonds is 7. The van der Waals surface area contributed by atoms with Crippen LogP contribution >= 0.6 is 11.6 Å². The third kappa shape index (κ3) is 4.62. The summed E-state index contributed by atoms with van der Waals surface area (Å²) < 4.78 is 16.6. The zero-order valence-electron chi connectivity index (χ0n) is 14.1. The molecule has 1 saturated heterocycles. The fourth-order valence-electron chi connectivity index (χ4n) is 2.86. The molecule has 1 fully saturated rings. The number of ether oxygens (including phenoxy) is 3. The van der Waals surface area contributed by atoms with Gasteiger partial charge in [-0.3, -0.25) is 4.79 Å². The summed E-state index contributed by atoms with van der Waals surface area (Å²) in [7, 11) is 0. The SMILES string of the molecule is O=C(CCl)OC[C@]1(Cc2ccccc2)OC(=O)[C@@H](Cc2ccccc2)O1. The van der Waals surface area contributed by atoms with Gasteiger partial charge in [0.2, 0.25) is 0 Å². The second kappa shape index (κ2) is 8.34. The van der Waals surface area contributed by atoms with Crippen molar-refractivity contribution in [2.75, 3.05) is 12.5 Å². The monoisotopic (exact) mass is 374 g/mol. The minimum absolute atomic E-state index is 0.204. The highest BCUT2D eigenvalue weighted by Crippen LogP contribution is 2.31. The molecule has 1 heterocycles. The standard InChI is InChI=1S/C20H19ClO5/c21-13-18(22)24-14-20(12-16-9-5-2-6-10-16)25-17(19(23)26-20)11-15-7-3-1-4-8-15/h1-10,17H,11-14H2/t17-,20+/m1/s1. The van der Waals surface area contributed by atoms with E-state index in [0.717, 1.165) is 11.1 Å². The molecule has 3 rings (SSSR count). The fraction of sp³-hybridized carbons (Fsp3) is 0.300. The summed E-state index contributed by atoms with van der Waals surface area (Å²) in [5.74, 6) is -2.68. The van der Waals surface area contributed by atoms with Crippen LogP contribution in [-0.2, 0) is 36.6 Å². The maximum Gasteiger partial charge on any atom is 0.338 e. The number of alkyl halides is 1. The van der Waals surface area contributed by atoms with E-state index >= 15 is 0 Å². The lowest BCUT2D eigenvalue weighted by atomic mass is 10.1. The van der Waals surface area contributed by atoms with E-state index in [9.17, 15) is 9.59 Å². The molecule has 0 bridgehead atoms. The molecule has 0 spiro atoms. The maximum atomic E-state index is 12.4. The van der Waals surface area contributed by atoms with Gasteiger partial charge in [0.25, 0.3) is 5.79 Å². The predicted octanol–water partition coefficient (Wildman–Crippen LogP) is 2.89. The first-order valence-corrected chi connectivity index (χ1v) is 8.84. The van der Waals surface area contributed by atoms with Gasteiger partial charge in [0, 0.05) is 12.8 Å². The number of hydrogen-bond acceptors (Lipinski definition) is 5. The molecule has 0 saturated carbocycles. The molecule has 0 unspecified atom stereocenters. The van der Waals surface area contributed by atoms with E-state index in [2.05, 4.69) is 0 Å². The van der Waals surface area contributed by atoms with E-state index in [1.165, 1.54) is 0 Å². The Balaban J connectivity index is 1.77. The van der Waals surface area contributed by atoms with Crippen LogP contribution in [0.2, 0.25) is 0 Å². The van der Waals surface area contributed by atoms with Crippen molar-refractivity contribution in [1.29, 1.82) is 0 Å². The molecule has 5 nitrogen and oxygen atoms in total. The molecular formula is C20H19ClO5. The number of halogens is 1. The van der Waals surface area contributed by atoms with Crippen LogP contribution < -0.4 is 0 Å². The van der Waals surface area contributed by atoms with E-state index in [-0.39, 0.29) is 18.9 Å². The zero-order valence-corrected chi connectivity index (χ0v) is 14.9. The van der Waals surface area contributed by atoms with Crippen LogP contribution in [-0.4, -0.2) is 36.3 Å². The molecule has 1 aliphatic heterocycles. The number of cyclic esters (lactones) is 1. The highest BCUT2D eigenvalue weighted by molar-refractivity contribution is 6.26. The summed E-state index contributed by atoms with van der Waals surface area (Å²) >= 11 is 5.48. The van der Waals surface area contributed by atoms with Crippen LogP contribution in [0.1, 0.15) is 11.1 Å².